The van der Waals surface area contributed by atoms with Crippen LogP contribution in [0.3, 0.4) is 0 Å². The zero-order valence-corrected chi connectivity index (χ0v) is 30.5. The summed E-state index contributed by atoms with van der Waals surface area (Å²) in [5.74, 6) is -3.05. The van der Waals surface area contributed by atoms with E-state index in [1.807, 2.05) is 12.2 Å². The normalized spacial score (nSPS) is 29.2. The van der Waals surface area contributed by atoms with Crippen molar-refractivity contribution in [2.24, 2.45) is 5.92 Å². The van der Waals surface area contributed by atoms with Gasteiger partial charge in [-0.2, -0.15) is 0 Å². The average Bonchev–Trinajstić information content (AvgIpc) is 4.00. The molecule has 2 aliphatic carbocycles. The molecule has 2 aromatic carbocycles. The van der Waals surface area contributed by atoms with Gasteiger partial charge in [0, 0.05) is 37.5 Å². The van der Waals surface area contributed by atoms with Crippen LogP contribution in [-0.4, -0.2) is 90.6 Å². The lowest BCUT2D eigenvalue weighted by atomic mass is 10.0. The molecule has 4 amide bonds. The molecule has 0 radical (unpaired) electrons. The number of anilines is 2. The summed E-state index contributed by atoms with van der Waals surface area (Å²) in [5.41, 5.74) is -1.56. The number of rotatable bonds is 7. The second kappa shape index (κ2) is 13.8. The van der Waals surface area contributed by atoms with Crippen molar-refractivity contribution < 1.29 is 36.7 Å². The van der Waals surface area contributed by atoms with Crippen molar-refractivity contribution in [3.63, 3.8) is 0 Å². The van der Waals surface area contributed by atoms with Gasteiger partial charge in [0.05, 0.1) is 18.3 Å². The Labute approximate surface area is 311 Å². The third kappa shape index (κ3) is 6.64. The highest BCUT2D eigenvalue weighted by atomic mass is 32.2. The standard InChI is InChI=1S/C37H43FN6O9S/c38-26-10-6-8-21-18-43(20-25(21)26)36(50)53-23-16-28-33(47)40-37(35(49)41-54(51,52)24-12-13-24)17-22(37)9-4-2-1-3-5-11-27(34(48)44(28)19-23)39-29-30(32(46)31(29)45)42-14-7-15-42/h4,6,8-10,22-24,27-28,39H,1-3,5,7,11-20H2,(H,40,47)(H,41,49)/b9-4-/t22-,23+,27-,28-,37+/m0/s1. The number of amides is 4. The Morgan fingerprint density at radius 3 is 2.50 bits per heavy atom. The molecule has 2 saturated carbocycles. The van der Waals surface area contributed by atoms with Gasteiger partial charge in [0.25, 0.3) is 16.8 Å². The molecule has 0 spiro atoms. The minimum absolute atomic E-state index is 0.0103. The zero-order valence-electron chi connectivity index (χ0n) is 29.7. The van der Waals surface area contributed by atoms with Gasteiger partial charge in [0.2, 0.25) is 21.8 Å². The topological polar surface area (TPSA) is 192 Å². The maximum Gasteiger partial charge on any atom is 0.410 e. The largest absolute Gasteiger partial charge is 0.444 e. The molecule has 8 rings (SSSR count). The van der Waals surface area contributed by atoms with Gasteiger partial charge in [-0.25, -0.2) is 17.6 Å². The number of ether oxygens (including phenoxy) is 1. The van der Waals surface area contributed by atoms with E-state index in [-0.39, 0.29) is 50.3 Å². The van der Waals surface area contributed by atoms with E-state index >= 15 is 0 Å². The molecule has 2 saturated heterocycles. The van der Waals surface area contributed by atoms with Crippen LogP contribution < -0.4 is 31.1 Å². The molecule has 4 heterocycles. The van der Waals surface area contributed by atoms with Crippen LogP contribution in [0.15, 0.2) is 39.9 Å². The van der Waals surface area contributed by atoms with Crippen molar-refractivity contribution >= 4 is 45.2 Å². The molecule has 0 bridgehead atoms. The number of carbonyl (C=O) groups excluding carboxylic acids is 4. The molecule has 0 unspecified atom stereocenters. The highest BCUT2D eigenvalue weighted by Crippen LogP contribution is 2.46. The maximum absolute atomic E-state index is 14.6. The first-order chi connectivity index (χ1) is 25.9. The van der Waals surface area contributed by atoms with E-state index in [0.29, 0.717) is 49.9 Å². The molecule has 5 atom stereocenters. The predicted molar refractivity (Wildman–Crippen MR) is 193 cm³/mol. The Bertz CT molecular complexity index is 2110. The quantitative estimate of drug-likeness (QED) is 0.274. The monoisotopic (exact) mass is 766 g/mol. The van der Waals surface area contributed by atoms with E-state index in [1.54, 1.807) is 17.0 Å². The van der Waals surface area contributed by atoms with Gasteiger partial charge in [-0.3, -0.25) is 33.6 Å². The predicted octanol–water partition coefficient (Wildman–Crippen LogP) is 1.54. The van der Waals surface area contributed by atoms with Gasteiger partial charge in [-0.15, -0.1) is 0 Å². The number of allylic oxidation sites excluding steroid dienone is 1. The number of halogens is 1. The van der Waals surface area contributed by atoms with E-state index in [4.69, 9.17) is 4.74 Å². The Hall–Kier alpha value is -4.80. The lowest BCUT2D eigenvalue weighted by molar-refractivity contribution is -0.140. The summed E-state index contributed by atoms with van der Waals surface area (Å²) in [6, 6.07) is 2.35. The first kappa shape index (κ1) is 36.2. The number of fused-ring (bicyclic) bond motifs is 3. The molecule has 4 aliphatic heterocycles. The van der Waals surface area contributed by atoms with Crippen molar-refractivity contribution in [1.82, 2.24) is 19.8 Å². The van der Waals surface area contributed by atoms with Crippen LogP contribution in [0.5, 0.6) is 0 Å². The summed E-state index contributed by atoms with van der Waals surface area (Å²) in [7, 11) is -3.94. The number of hydrogen-bond acceptors (Lipinski definition) is 11. The summed E-state index contributed by atoms with van der Waals surface area (Å²) >= 11 is 0. The highest BCUT2D eigenvalue weighted by Gasteiger charge is 2.62. The van der Waals surface area contributed by atoms with Gasteiger partial charge in [0.15, 0.2) is 0 Å². The minimum atomic E-state index is -3.94. The minimum Gasteiger partial charge on any atom is -0.444 e. The molecule has 6 aliphatic rings. The second-order valence-corrected chi connectivity index (χ2v) is 17.4. The summed E-state index contributed by atoms with van der Waals surface area (Å²) in [6.07, 6.45) is 6.74. The van der Waals surface area contributed by atoms with Crippen molar-refractivity contribution in [2.45, 2.75) is 106 Å². The van der Waals surface area contributed by atoms with Crippen LogP contribution in [0.2, 0.25) is 0 Å². The van der Waals surface area contributed by atoms with Crippen molar-refractivity contribution in [3.8, 4) is 0 Å². The van der Waals surface area contributed by atoms with Crippen LogP contribution in [0.25, 0.3) is 0 Å². The van der Waals surface area contributed by atoms with E-state index in [0.717, 1.165) is 19.3 Å². The lowest BCUT2D eigenvalue weighted by Crippen LogP contribution is -2.58. The van der Waals surface area contributed by atoms with Crippen LogP contribution in [-0.2, 0) is 42.2 Å². The third-order valence-corrected chi connectivity index (χ3v) is 13.5. The van der Waals surface area contributed by atoms with Crippen LogP contribution >= 0.6 is 0 Å². The molecule has 15 nitrogen and oxygen atoms in total. The fourth-order valence-electron chi connectivity index (χ4n) is 8.10. The Morgan fingerprint density at radius 1 is 0.981 bits per heavy atom. The molecular weight excluding hydrogens is 724 g/mol. The summed E-state index contributed by atoms with van der Waals surface area (Å²) in [6.45, 7) is 1.14. The molecule has 288 valence electrons. The van der Waals surface area contributed by atoms with E-state index in [1.165, 1.54) is 15.9 Å². The number of sulfonamides is 1. The second-order valence-electron chi connectivity index (χ2n) is 15.4. The average molecular weight is 767 g/mol. The molecule has 17 heteroatoms. The fraction of sp³-hybridized carbons (Fsp3) is 0.568. The molecule has 4 fully saturated rings. The first-order valence-electron chi connectivity index (χ1n) is 18.8. The van der Waals surface area contributed by atoms with Crippen LogP contribution in [0.4, 0.5) is 20.6 Å². The van der Waals surface area contributed by atoms with Crippen LogP contribution in [0.1, 0.15) is 75.3 Å². The lowest BCUT2D eigenvalue weighted by Gasteiger charge is -2.36. The van der Waals surface area contributed by atoms with E-state index < -0.39 is 85.4 Å². The van der Waals surface area contributed by atoms with E-state index in [9.17, 15) is 41.6 Å². The maximum atomic E-state index is 14.6. The number of nitrogens with one attached hydrogen (secondary N) is 3. The van der Waals surface area contributed by atoms with Gasteiger partial charge in [-0.05, 0) is 56.6 Å². The van der Waals surface area contributed by atoms with Gasteiger partial charge in [-0.1, -0.05) is 37.1 Å². The third-order valence-electron chi connectivity index (χ3n) is 11.7. The highest BCUT2D eigenvalue weighted by molar-refractivity contribution is 7.91. The summed E-state index contributed by atoms with van der Waals surface area (Å²) < 4.78 is 48.1. The molecule has 3 N–H and O–H groups in total. The summed E-state index contributed by atoms with van der Waals surface area (Å²) in [4.78, 5) is 85.7. The molecule has 54 heavy (non-hydrogen) atoms. The SMILES string of the molecule is O=C1N[C@]2(C(=O)NS(=O)(=O)C3CC3)C[C@@H]2/C=C\CCCCC[C@H](Nc2c(N3CCC3)c(=O)c2=O)C(=O)N2C[C@H](OC(=O)N3Cc4cccc(F)c4C3)C[C@@H]12. The Kier molecular flexibility index (Phi) is 9.25. The number of benzene rings is 1. The summed E-state index contributed by atoms with van der Waals surface area (Å²) in [5, 5.41) is 5.18. The van der Waals surface area contributed by atoms with E-state index in [2.05, 4.69) is 15.4 Å². The zero-order chi connectivity index (χ0) is 37.9. The van der Waals surface area contributed by atoms with Crippen molar-refractivity contribution in [3.05, 3.63) is 67.7 Å². The Balaban J connectivity index is 1.07. The number of nitrogens with zero attached hydrogens (tertiary/aromatic N) is 3. The van der Waals surface area contributed by atoms with Crippen LogP contribution in [0, 0.1) is 11.7 Å². The molecular formula is C37H43FN6O9S. The molecule has 0 aromatic heterocycles. The number of hydrogen-bond donors (Lipinski definition) is 3. The smallest absolute Gasteiger partial charge is 0.410 e. The van der Waals surface area contributed by atoms with Gasteiger partial charge < -0.3 is 25.2 Å². The van der Waals surface area contributed by atoms with Crippen molar-refractivity contribution in [1.29, 1.82) is 0 Å². The van der Waals surface area contributed by atoms with Crippen molar-refractivity contribution in [2.75, 3.05) is 29.9 Å². The van der Waals surface area contributed by atoms with Gasteiger partial charge >= 0.3 is 6.09 Å². The van der Waals surface area contributed by atoms with Gasteiger partial charge in [0.1, 0.15) is 40.9 Å². The number of carbonyl (C=O) groups is 4. The fourth-order valence-corrected chi connectivity index (χ4v) is 9.47. The Morgan fingerprint density at radius 2 is 1.78 bits per heavy atom. The first-order valence-corrected chi connectivity index (χ1v) is 20.3. The molecule has 2 aromatic rings.